The summed E-state index contributed by atoms with van der Waals surface area (Å²) in [5.74, 6) is 0. The molecular weight excluding hydrogens is 255 g/mol. The van der Waals surface area contributed by atoms with Crippen molar-refractivity contribution in [3.63, 3.8) is 0 Å². The Bertz CT molecular complexity index is 506. The van der Waals surface area contributed by atoms with Crippen molar-refractivity contribution in [1.82, 2.24) is 4.98 Å². The number of hydrogen-bond donors (Lipinski definition) is 1. The molecule has 0 unspecified atom stereocenters. The van der Waals surface area contributed by atoms with Crippen molar-refractivity contribution in [3.8, 4) is 11.3 Å². The molecule has 0 aliphatic carbocycles. The molecular formula is C13H12Cl2N2. The fraction of sp³-hybridized carbons (Fsp3) is 0.154. The molecule has 0 bridgehead atoms. The van der Waals surface area contributed by atoms with Gasteiger partial charge in [0.1, 0.15) is 0 Å². The van der Waals surface area contributed by atoms with E-state index < -0.39 is 0 Å². The van der Waals surface area contributed by atoms with Gasteiger partial charge in [0.05, 0.1) is 5.69 Å². The molecule has 0 spiro atoms. The second-order valence-electron chi connectivity index (χ2n) is 3.62. The first-order valence-corrected chi connectivity index (χ1v) is 6.11. The summed E-state index contributed by atoms with van der Waals surface area (Å²) in [6.07, 6.45) is 1.77. The van der Waals surface area contributed by atoms with E-state index in [0.29, 0.717) is 10.0 Å². The van der Waals surface area contributed by atoms with Crippen molar-refractivity contribution >= 4 is 28.9 Å². The molecule has 0 atom stereocenters. The molecule has 0 aliphatic rings. The van der Waals surface area contributed by atoms with Crippen molar-refractivity contribution < 1.29 is 0 Å². The van der Waals surface area contributed by atoms with Crippen LogP contribution in [0.1, 0.15) is 6.92 Å². The molecule has 0 fully saturated rings. The lowest BCUT2D eigenvalue weighted by molar-refractivity contribution is 1.20. The van der Waals surface area contributed by atoms with E-state index in [2.05, 4.69) is 17.2 Å². The minimum Gasteiger partial charge on any atom is -0.385 e. The van der Waals surface area contributed by atoms with E-state index in [4.69, 9.17) is 23.2 Å². The van der Waals surface area contributed by atoms with Crippen LogP contribution in [0.5, 0.6) is 0 Å². The number of halogens is 2. The Labute approximate surface area is 111 Å². The maximum atomic E-state index is 5.97. The van der Waals surface area contributed by atoms with Gasteiger partial charge in [0, 0.05) is 34.0 Å². The van der Waals surface area contributed by atoms with Gasteiger partial charge in [-0.05, 0) is 37.3 Å². The predicted octanol–water partition coefficient (Wildman–Crippen LogP) is 4.49. The minimum absolute atomic E-state index is 0.614. The normalized spacial score (nSPS) is 10.3. The third-order valence-electron chi connectivity index (χ3n) is 2.30. The van der Waals surface area contributed by atoms with Gasteiger partial charge in [0.2, 0.25) is 0 Å². The van der Waals surface area contributed by atoms with Crippen molar-refractivity contribution in [1.29, 1.82) is 0 Å². The lowest BCUT2D eigenvalue weighted by atomic mass is 10.1. The van der Waals surface area contributed by atoms with Crippen LogP contribution in [0.3, 0.4) is 0 Å². The largest absolute Gasteiger partial charge is 0.385 e. The Balaban J connectivity index is 2.41. The number of aromatic nitrogens is 1. The molecule has 2 rings (SSSR count). The van der Waals surface area contributed by atoms with E-state index in [1.807, 2.05) is 24.3 Å². The first-order valence-electron chi connectivity index (χ1n) is 5.35. The van der Waals surface area contributed by atoms with E-state index >= 15 is 0 Å². The van der Waals surface area contributed by atoms with Crippen LogP contribution in [0.2, 0.25) is 10.0 Å². The summed E-state index contributed by atoms with van der Waals surface area (Å²) in [6.45, 7) is 2.93. The Kier molecular flexibility index (Phi) is 3.87. The van der Waals surface area contributed by atoms with Crippen molar-refractivity contribution in [3.05, 3.63) is 46.6 Å². The van der Waals surface area contributed by atoms with E-state index in [1.165, 1.54) is 0 Å². The summed E-state index contributed by atoms with van der Waals surface area (Å²) in [6, 6.07) is 9.32. The zero-order chi connectivity index (χ0) is 12.3. The summed E-state index contributed by atoms with van der Waals surface area (Å²) in [5, 5.41) is 4.47. The fourth-order valence-corrected chi connectivity index (χ4v) is 2.13. The zero-order valence-corrected chi connectivity index (χ0v) is 10.9. The Morgan fingerprint density at radius 1 is 1.12 bits per heavy atom. The van der Waals surface area contributed by atoms with Gasteiger partial charge in [0.25, 0.3) is 0 Å². The lowest BCUT2D eigenvalue weighted by Gasteiger charge is -2.06. The van der Waals surface area contributed by atoms with E-state index in [-0.39, 0.29) is 0 Å². The van der Waals surface area contributed by atoms with Crippen LogP contribution in [0.25, 0.3) is 11.3 Å². The molecule has 1 heterocycles. The van der Waals surface area contributed by atoms with Gasteiger partial charge in [0.15, 0.2) is 0 Å². The molecule has 0 saturated heterocycles. The topological polar surface area (TPSA) is 24.9 Å². The van der Waals surface area contributed by atoms with Crippen LogP contribution in [0.4, 0.5) is 5.69 Å². The number of hydrogen-bond acceptors (Lipinski definition) is 2. The summed E-state index contributed by atoms with van der Waals surface area (Å²) < 4.78 is 0. The maximum absolute atomic E-state index is 5.97. The molecule has 0 amide bonds. The number of rotatable bonds is 3. The quantitative estimate of drug-likeness (QED) is 0.886. The highest BCUT2D eigenvalue weighted by atomic mass is 35.5. The van der Waals surface area contributed by atoms with Gasteiger partial charge in [-0.25, -0.2) is 0 Å². The molecule has 1 aromatic heterocycles. The Morgan fingerprint density at radius 2 is 1.82 bits per heavy atom. The second kappa shape index (κ2) is 5.39. The molecule has 17 heavy (non-hydrogen) atoms. The highest BCUT2D eigenvalue weighted by Crippen LogP contribution is 2.27. The molecule has 2 nitrogen and oxygen atoms in total. The van der Waals surface area contributed by atoms with E-state index in [0.717, 1.165) is 23.5 Å². The van der Waals surface area contributed by atoms with Crippen molar-refractivity contribution in [2.45, 2.75) is 6.92 Å². The number of benzene rings is 1. The molecule has 1 aromatic carbocycles. The van der Waals surface area contributed by atoms with Gasteiger partial charge in [-0.15, -0.1) is 0 Å². The van der Waals surface area contributed by atoms with Crippen LogP contribution in [0.15, 0.2) is 36.5 Å². The van der Waals surface area contributed by atoms with Gasteiger partial charge in [-0.2, -0.15) is 0 Å². The number of anilines is 1. The molecule has 2 aromatic rings. The fourth-order valence-electron chi connectivity index (χ4n) is 1.60. The van der Waals surface area contributed by atoms with E-state index in [1.54, 1.807) is 12.3 Å². The summed E-state index contributed by atoms with van der Waals surface area (Å²) in [4.78, 5) is 4.32. The second-order valence-corrected chi connectivity index (χ2v) is 4.49. The average Bonchev–Trinajstić information content (AvgIpc) is 2.28. The smallest absolute Gasteiger partial charge is 0.0723 e. The minimum atomic E-state index is 0.614. The lowest BCUT2D eigenvalue weighted by Crippen LogP contribution is -1.97. The molecule has 0 aliphatic heterocycles. The van der Waals surface area contributed by atoms with Crippen LogP contribution < -0.4 is 5.32 Å². The maximum Gasteiger partial charge on any atom is 0.0723 e. The number of nitrogens with one attached hydrogen (secondary N) is 1. The summed E-state index contributed by atoms with van der Waals surface area (Å²) in [5.41, 5.74) is 2.81. The zero-order valence-electron chi connectivity index (χ0n) is 9.37. The van der Waals surface area contributed by atoms with Crippen LogP contribution in [0, 0.1) is 0 Å². The van der Waals surface area contributed by atoms with Gasteiger partial charge in [-0.3, -0.25) is 4.98 Å². The molecule has 0 radical (unpaired) electrons. The third kappa shape index (κ3) is 3.11. The predicted molar refractivity (Wildman–Crippen MR) is 73.9 cm³/mol. The van der Waals surface area contributed by atoms with Crippen molar-refractivity contribution in [2.24, 2.45) is 0 Å². The van der Waals surface area contributed by atoms with Crippen LogP contribution >= 0.6 is 23.2 Å². The highest BCUT2D eigenvalue weighted by Gasteiger charge is 2.03. The van der Waals surface area contributed by atoms with Gasteiger partial charge < -0.3 is 5.32 Å². The standard InChI is InChI=1S/C13H12Cl2N2/c1-2-16-12-3-4-17-13(8-12)9-5-10(14)7-11(15)6-9/h3-8H,2H2,1H3,(H,16,17). The SMILES string of the molecule is CCNc1ccnc(-c2cc(Cl)cc(Cl)c2)c1. The van der Waals surface area contributed by atoms with Gasteiger partial charge >= 0.3 is 0 Å². The molecule has 88 valence electrons. The van der Waals surface area contributed by atoms with Crippen LogP contribution in [-0.2, 0) is 0 Å². The van der Waals surface area contributed by atoms with Crippen molar-refractivity contribution in [2.75, 3.05) is 11.9 Å². The molecule has 0 saturated carbocycles. The van der Waals surface area contributed by atoms with E-state index in [9.17, 15) is 0 Å². The average molecular weight is 267 g/mol. The number of nitrogens with zero attached hydrogens (tertiary/aromatic N) is 1. The summed E-state index contributed by atoms with van der Waals surface area (Å²) >= 11 is 11.9. The first-order chi connectivity index (χ1) is 8.19. The Hall–Kier alpha value is -1.25. The van der Waals surface area contributed by atoms with Crippen LogP contribution in [-0.4, -0.2) is 11.5 Å². The molecule has 4 heteroatoms. The highest BCUT2D eigenvalue weighted by molar-refractivity contribution is 6.35. The summed E-state index contributed by atoms with van der Waals surface area (Å²) in [7, 11) is 0. The Morgan fingerprint density at radius 3 is 2.47 bits per heavy atom. The number of pyridine rings is 1. The van der Waals surface area contributed by atoms with Gasteiger partial charge in [-0.1, -0.05) is 23.2 Å². The third-order valence-corrected chi connectivity index (χ3v) is 2.74. The molecule has 1 N–H and O–H groups in total. The first kappa shape index (κ1) is 12.2. The monoisotopic (exact) mass is 266 g/mol.